The first-order chi connectivity index (χ1) is 18.7. The first kappa shape index (κ1) is 31.0. The maximum absolute atomic E-state index is 14.7. The van der Waals surface area contributed by atoms with Crippen LogP contribution in [0.15, 0.2) is 65.6 Å². The zero-order valence-electron chi connectivity index (χ0n) is 20.5. The Balaban J connectivity index is 0.000000559. The van der Waals surface area contributed by atoms with Crippen molar-refractivity contribution in [2.45, 2.75) is 36.6 Å². The molecule has 1 aliphatic rings. The average Bonchev–Trinajstić information content (AvgIpc) is 2.87. The summed E-state index contributed by atoms with van der Waals surface area (Å²) in [7, 11) is -4.37. The summed E-state index contributed by atoms with van der Waals surface area (Å²) in [5, 5.41) is 7.09. The normalized spacial score (nSPS) is 14.7. The van der Waals surface area contributed by atoms with Gasteiger partial charge in [0.05, 0.1) is 5.02 Å². The number of anilines is 1. The summed E-state index contributed by atoms with van der Waals surface area (Å²) >= 11 is 6.22. The van der Waals surface area contributed by atoms with Gasteiger partial charge in [0.1, 0.15) is 28.4 Å². The molecule has 0 amide bonds. The van der Waals surface area contributed by atoms with Gasteiger partial charge in [-0.25, -0.2) is 22.6 Å². The maximum atomic E-state index is 14.7. The van der Waals surface area contributed by atoms with Gasteiger partial charge in [0.2, 0.25) is 5.95 Å². The Bertz CT molecular complexity index is 1420. The quantitative estimate of drug-likeness (QED) is 0.270. The number of nitrogens with zero attached hydrogens (tertiary/aromatic N) is 2. The van der Waals surface area contributed by atoms with Crippen LogP contribution in [0.5, 0.6) is 5.75 Å². The number of carboxylic acids is 1. The third kappa shape index (κ3) is 9.03. The van der Waals surface area contributed by atoms with Crippen molar-refractivity contribution in [2.24, 2.45) is 0 Å². The number of nitrogens with one attached hydrogen (secondary N) is 1. The van der Waals surface area contributed by atoms with Crippen LogP contribution < -0.4 is 9.46 Å². The van der Waals surface area contributed by atoms with Crippen LogP contribution in [-0.2, 0) is 21.4 Å². The van der Waals surface area contributed by atoms with Crippen molar-refractivity contribution in [3.8, 4) is 5.75 Å². The van der Waals surface area contributed by atoms with E-state index in [0.29, 0.717) is 0 Å². The predicted octanol–water partition coefficient (Wildman–Crippen LogP) is 5.49. The summed E-state index contributed by atoms with van der Waals surface area (Å²) in [5.74, 6) is -4.84. The van der Waals surface area contributed by atoms with Crippen molar-refractivity contribution in [3.05, 3.63) is 83.0 Å². The summed E-state index contributed by atoms with van der Waals surface area (Å²) in [6.45, 7) is 2.48. The molecule has 1 aromatic heterocycles. The minimum Gasteiger partial charge on any atom is -0.489 e. The minimum absolute atomic E-state index is 0.0318. The van der Waals surface area contributed by atoms with E-state index < -0.39 is 38.8 Å². The van der Waals surface area contributed by atoms with E-state index in [-0.39, 0.29) is 22.7 Å². The second kappa shape index (κ2) is 13.2. The highest BCUT2D eigenvalue weighted by molar-refractivity contribution is 7.92. The number of piperidine rings is 1. The van der Waals surface area contributed by atoms with Crippen molar-refractivity contribution in [2.75, 3.05) is 17.8 Å². The SMILES string of the molecule is O=C(O)C(F)(F)F.O=S(=O)(Nc1cccc(F)n1)c1cc(Cl)c(OC2CCN(Cc3ccccc3)CC2)cc1F. The summed E-state index contributed by atoms with van der Waals surface area (Å²) in [4.78, 5) is 14.0. The number of ether oxygens (including phenoxy) is 1. The largest absolute Gasteiger partial charge is 0.490 e. The van der Waals surface area contributed by atoms with Gasteiger partial charge >= 0.3 is 12.1 Å². The first-order valence-corrected chi connectivity index (χ1v) is 13.5. The highest BCUT2D eigenvalue weighted by atomic mass is 35.5. The van der Waals surface area contributed by atoms with E-state index >= 15 is 0 Å². The molecule has 0 spiro atoms. The van der Waals surface area contributed by atoms with Crippen molar-refractivity contribution in [3.63, 3.8) is 0 Å². The second-order valence-corrected chi connectivity index (χ2v) is 10.6. The summed E-state index contributed by atoms with van der Waals surface area (Å²) in [5.41, 5.74) is 1.24. The smallest absolute Gasteiger partial charge is 0.489 e. The average molecular weight is 608 g/mol. The van der Waals surface area contributed by atoms with Crippen LogP contribution in [0.2, 0.25) is 5.02 Å². The molecule has 0 unspecified atom stereocenters. The van der Waals surface area contributed by atoms with Crippen molar-refractivity contribution < 1.29 is 45.0 Å². The molecule has 4 rings (SSSR count). The number of carbonyl (C=O) groups is 1. The van der Waals surface area contributed by atoms with Crippen LogP contribution in [0.4, 0.5) is 27.8 Å². The molecule has 1 saturated heterocycles. The number of sulfonamides is 1. The van der Waals surface area contributed by atoms with E-state index in [9.17, 15) is 30.4 Å². The lowest BCUT2D eigenvalue weighted by Gasteiger charge is -2.32. The fourth-order valence-corrected chi connectivity index (χ4v) is 5.03. The van der Waals surface area contributed by atoms with Gasteiger partial charge in [-0.1, -0.05) is 48.0 Å². The molecule has 8 nitrogen and oxygen atoms in total. The molecule has 0 bridgehead atoms. The molecular formula is C25H23ClF5N3O5S. The fraction of sp³-hybridized carbons (Fsp3) is 0.280. The van der Waals surface area contributed by atoms with Crippen LogP contribution in [0, 0.1) is 11.8 Å². The Hall–Kier alpha value is -3.49. The second-order valence-electron chi connectivity index (χ2n) is 8.55. The molecule has 0 saturated carbocycles. The van der Waals surface area contributed by atoms with Gasteiger partial charge in [0, 0.05) is 25.7 Å². The Morgan fingerprint density at radius 1 is 1.07 bits per heavy atom. The molecule has 15 heteroatoms. The van der Waals surface area contributed by atoms with E-state index in [0.717, 1.165) is 50.7 Å². The topological polar surface area (TPSA) is 109 Å². The van der Waals surface area contributed by atoms with Crippen molar-refractivity contribution in [1.82, 2.24) is 9.88 Å². The number of carboxylic acid groups (broad SMARTS) is 1. The third-order valence-electron chi connectivity index (χ3n) is 5.55. The number of hydrogen-bond acceptors (Lipinski definition) is 6. The molecular weight excluding hydrogens is 585 g/mol. The van der Waals surface area contributed by atoms with Gasteiger partial charge in [-0.2, -0.15) is 17.6 Å². The minimum atomic E-state index is -5.08. The van der Waals surface area contributed by atoms with Crippen LogP contribution in [-0.4, -0.2) is 54.7 Å². The van der Waals surface area contributed by atoms with Crippen molar-refractivity contribution >= 4 is 33.4 Å². The standard InChI is InChI=1S/C23H22ClF2N3O3S.C2HF3O2/c24-18-13-21(33(30,31)28-23-8-4-7-22(26)27-23)19(25)14-20(18)32-17-9-11-29(12-10-17)15-16-5-2-1-3-6-16;3-2(4,5)1(6)7/h1-8,13-14,17H,9-12,15H2,(H,27,28);(H,6,7). The number of alkyl halides is 3. The zero-order valence-corrected chi connectivity index (χ0v) is 22.1. The van der Waals surface area contributed by atoms with E-state index in [1.165, 1.54) is 17.7 Å². The fourth-order valence-electron chi connectivity index (χ4n) is 3.67. The van der Waals surface area contributed by atoms with E-state index in [4.69, 9.17) is 26.2 Å². The van der Waals surface area contributed by atoms with E-state index in [1.807, 2.05) is 22.9 Å². The van der Waals surface area contributed by atoms with Gasteiger partial charge in [-0.3, -0.25) is 9.62 Å². The van der Waals surface area contributed by atoms with Gasteiger partial charge in [0.25, 0.3) is 10.0 Å². The summed E-state index contributed by atoms with van der Waals surface area (Å²) < 4.78 is 92.7. The highest BCUT2D eigenvalue weighted by Gasteiger charge is 2.38. The van der Waals surface area contributed by atoms with Crippen LogP contribution in [0.25, 0.3) is 0 Å². The molecule has 0 atom stereocenters. The third-order valence-corrected chi connectivity index (χ3v) is 7.21. The number of benzene rings is 2. The number of halogens is 6. The molecule has 1 fully saturated rings. The number of hydrogen-bond donors (Lipinski definition) is 2. The Morgan fingerprint density at radius 3 is 2.27 bits per heavy atom. The Labute approximate surface area is 231 Å². The van der Waals surface area contributed by atoms with Crippen LogP contribution >= 0.6 is 11.6 Å². The lowest BCUT2D eigenvalue weighted by molar-refractivity contribution is -0.192. The molecule has 0 radical (unpaired) electrons. The highest BCUT2D eigenvalue weighted by Crippen LogP contribution is 2.32. The maximum Gasteiger partial charge on any atom is 0.490 e. The van der Waals surface area contributed by atoms with E-state index in [1.54, 1.807) is 0 Å². The Kier molecular flexibility index (Phi) is 10.3. The van der Waals surface area contributed by atoms with Gasteiger partial charge < -0.3 is 9.84 Å². The Morgan fingerprint density at radius 2 is 1.70 bits per heavy atom. The number of aromatic nitrogens is 1. The molecule has 1 aliphatic heterocycles. The monoisotopic (exact) mass is 607 g/mol. The number of rotatable bonds is 7. The van der Waals surface area contributed by atoms with Gasteiger partial charge in [0.15, 0.2) is 0 Å². The summed E-state index contributed by atoms with van der Waals surface area (Å²) in [6.07, 6.45) is -3.78. The lowest BCUT2D eigenvalue weighted by Crippen LogP contribution is -2.37. The molecule has 2 N–H and O–H groups in total. The molecule has 216 valence electrons. The molecule has 3 aromatic rings. The number of aliphatic carboxylic acids is 1. The zero-order chi connectivity index (χ0) is 29.5. The lowest BCUT2D eigenvalue weighted by atomic mass is 10.1. The predicted molar refractivity (Wildman–Crippen MR) is 135 cm³/mol. The van der Waals surface area contributed by atoms with Gasteiger partial charge in [-0.05, 0) is 36.6 Å². The van der Waals surface area contributed by atoms with Crippen LogP contribution in [0.3, 0.4) is 0 Å². The number of pyridine rings is 1. The molecule has 40 heavy (non-hydrogen) atoms. The summed E-state index contributed by atoms with van der Waals surface area (Å²) in [6, 6.07) is 15.7. The molecule has 2 aromatic carbocycles. The first-order valence-electron chi connectivity index (χ1n) is 11.6. The molecule has 0 aliphatic carbocycles. The van der Waals surface area contributed by atoms with E-state index in [2.05, 4.69) is 22.0 Å². The van der Waals surface area contributed by atoms with Gasteiger partial charge in [-0.15, -0.1) is 0 Å². The van der Waals surface area contributed by atoms with Crippen LogP contribution in [0.1, 0.15) is 18.4 Å². The number of likely N-dealkylation sites (tertiary alicyclic amines) is 1. The van der Waals surface area contributed by atoms with Crippen molar-refractivity contribution in [1.29, 1.82) is 0 Å². The molecule has 2 heterocycles.